The Labute approximate surface area is 199 Å². The number of aromatic nitrogens is 4. The van der Waals surface area contributed by atoms with Crippen molar-refractivity contribution in [3.8, 4) is 11.8 Å². The van der Waals surface area contributed by atoms with Crippen molar-refractivity contribution < 1.29 is 18.4 Å². The van der Waals surface area contributed by atoms with E-state index in [4.69, 9.17) is 5.73 Å². The van der Waals surface area contributed by atoms with Crippen LogP contribution in [0.4, 0.5) is 14.6 Å². The van der Waals surface area contributed by atoms with E-state index < -0.39 is 17.5 Å². The Morgan fingerprint density at radius 3 is 2.66 bits per heavy atom. The van der Waals surface area contributed by atoms with Gasteiger partial charge in [0.25, 0.3) is 5.91 Å². The SMILES string of the molecule is C=CC(=O)N1CC[C@H](n2nc(C#Cc3cc4ncn(C5CC5)c4c(F)c3F)c(C(N)=O)c2NC)C1. The van der Waals surface area contributed by atoms with E-state index >= 15 is 0 Å². The number of nitrogens with two attached hydrogens (primary N) is 1. The summed E-state index contributed by atoms with van der Waals surface area (Å²) in [5.74, 6) is 2.56. The zero-order chi connectivity index (χ0) is 24.9. The van der Waals surface area contributed by atoms with E-state index in [9.17, 15) is 18.4 Å². The standard InChI is InChI=1S/C24H23F2N7O2/c1-3-18(34)31-9-8-15(11-31)33-24(28-2)19(23(27)35)16(30-33)7-4-13-10-17-22(21(26)20(13)25)32(12-29-17)14-5-6-14/h3,10,12,14-15,28H,1,5-6,8-9,11H2,2H3,(H2,27,35)/t15-/m0/s1. The molecule has 1 saturated heterocycles. The number of hydrogen-bond acceptors (Lipinski definition) is 5. The molecule has 2 fully saturated rings. The molecule has 0 radical (unpaired) electrons. The molecule has 5 rings (SSSR count). The maximum Gasteiger partial charge on any atom is 0.255 e. The molecule has 9 nitrogen and oxygen atoms in total. The number of halogens is 2. The molecule has 2 aliphatic rings. The Morgan fingerprint density at radius 2 is 2.00 bits per heavy atom. The Morgan fingerprint density at radius 1 is 1.23 bits per heavy atom. The third-order valence-corrected chi connectivity index (χ3v) is 6.39. The molecular weight excluding hydrogens is 456 g/mol. The number of imidazole rings is 1. The van der Waals surface area contributed by atoms with Crippen LogP contribution in [0.2, 0.25) is 0 Å². The van der Waals surface area contributed by atoms with Crippen molar-refractivity contribution in [3.05, 3.63) is 53.5 Å². The first-order valence-corrected chi connectivity index (χ1v) is 11.2. The van der Waals surface area contributed by atoms with Gasteiger partial charge < -0.3 is 20.5 Å². The molecule has 180 valence electrons. The van der Waals surface area contributed by atoms with Crippen molar-refractivity contribution in [3.63, 3.8) is 0 Å². The molecule has 3 heterocycles. The summed E-state index contributed by atoms with van der Waals surface area (Å²) >= 11 is 0. The van der Waals surface area contributed by atoms with Gasteiger partial charge in [0.2, 0.25) is 5.91 Å². The third-order valence-electron chi connectivity index (χ3n) is 6.39. The van der Waals surface area contributed by atoms with Crippen LogP contribution in [0.5, 0.6) is 0 Å². The van der Waals surface area contributed by atoms with Crippen LogP contribution < -0.4 is 11.1 Å². The Bertz CT molecular complexity index is 1440. The maximum atomic E-state index is 14.9. The highest BCUT2D eigenvalue weighted by atomic mass is 19.2. The summed E-state index contributed by atoms with van der Waals surface area (Å²) in [5, 5.41) is 7.37. The van der Waals surface area contributed by atoms with Crippen molar-refractivity contribution in [2.45, 2.75) is 31.3 Å². The van der Waals surface area contributed by atoms with Gasteiger partial charge in [0.05, 0.1) is 23.4 Å². The summed E-state index contributed by atoms with van der Waals surface area (Å²) in [6, 6.07) is 1.29. The minimum absolute atomic E-state index is 0.0266. The number of rotatable bonds is 5. The van der Waals surface area contributed by atoms with Gasteiger partial charge in [-0.05, 0) is 37.3 Å². The maximum absolute atomic E-state index is 14.9. The molecule has 2 aromatic heterocycles. The van der Waals surface area contributed by atoms with Crippen molar-refractivity contribution in [2.75, 3.05) is 25.5 Å². The number of nitrogens with zero attached hydrogens (tertiary/aromatic N) is 5. The minimum atomic E-state index is -1.09. The third kappa shape index (κ3) is 3.80. The molecule has 2 amide bonds. The Hall–Kier alpha value is -4.20. The van der Waals surface area contributed by atoms with Crippen LogP contribution >= 0.6 is 0 Å². The van der Waals surface area contributed by atoms with Gasteiger partial charge in [-0.2, -0.15) is 5.10 Å². The summed E-state index contributed by atoms with van der Waals surface area (Å²) in [4.78, 5) is 30.1. The number of anilines is 1. The smallest absolute Gasteiger partial charge is 0.255 e. The van der Waals surface area contributed by atoms with Crippen molar-refractivity contribution in [1.29, 1.82) is 0 Å². The lowest BCUT2D eigenvalue weighted by Gasteiger charge is -2.16. The fourth-order valence-corrected chi connectivity index (χ4v) is 4.51. The predicted octanol–water partition coefficient (Wildman–Crippen LogP) is 2.35. The number of carbonyl (C=O) groups excluding carboxylic acids is 2. The van der Waals surface area contributed by atoms with Gasteiger partial charge in [-0.1, -0.05) is 12.5 Å². The Balaban J connectivity index is 1.54. The van der Waals surface area contributed by atoms with Crippen LogP contribution in [0, 0.1) is 23.5 Å². The highest BCUT2D eigenvalue weighted by Crippen LogP contribution is 2.38. The molecule has 0 bridgehead atoms. The van der Waals surface area contributed by atoms with Gasteiger partial charge in [-0.3, -0.25) is 9.59 Å². The molecule has 1 saturated carbocycles. The predicted molar refractivity (Wildman–Crippen MR) is 125 cm³/mol. The fourth-order valence-electron chi connectivity index (χ4n) is 4.51. The number of amides is 2. The van der Waals surface area contributed by atoms with Crippen LogP contribution in [0.1, 0.15) is 53.0 Å². The first-order valence-electron chi connectivity index (χ1n) is 11.2. The van der Waals surface area contributed by atoms with Crippen LogP contribution in [0.3, 0.4) is 0 Å². The number of primary amides is 1. The van der Waals surface area contributed by atoms with Crippen molar-refractivity contribution >= 4 is 28.7 Å². The first kappa shape index (κ1) is 22.6. The average Bonchev–Trinajstić information content (AvgIpc) is 3.26. The van der Waals surface area contributed by atoms with Crippen molar-refractivity contribution in [1.82, 2.24) is 24.2 Å². The van der Waals surface area contributed by atoms with Crippen LogP contribution in [0.25, 0.3) is 11.0 Å². The molecule has 0 spiro atoms. The Kier molecular flexibility index (Phi) is 5.51. The molecule has 1 atom stereocenters. The van der Waals surface area contributed by atoms with Gasteiger partial charge in [-0.25, -0.2) is 18.4 Å². The molecule has 3 aromatic rings. The second-order valence-electron chi connectivity index (χ2n) is 8.61. The van der Waals surface area contributed by atoms with E-state index in [0.29, 0.717) is 30.8 Å². The van der Waals surface area contributed by atoms with E-state index in [1.807, 2.05) is 0 Å². The van der Waals surface area contributed by atoms with E-state index in [2.05, 4.69) is 33.8 Å². The zero-order valence-corrected chi connectivity index (χ0v) is 19.0. The minimum Gasteiger partial charge on any atom is -0.373 e. The molecule has 11 heteroatoms. The second kappa shape index (κ2) is 8.54. The van der Waals surface area contributed by atoms with E-state index in [1.165, 1.54) is 18.5 Å². The lowest BCUT2D eigenvalue weighted by atomic mass is 10.1. The fraction of sp³-hybridized carbons (Fsp3) is 0.333. The molecule has 1 aliphatic carbocycles. The monoisotopic (exact) mass is 479 g/mol. The number of fused-ring (bicyclic) bond motifs is 1. The largest absolute Gasteiger partial charge is 0.373 e. The van der Waals surface area contributed by atoms with Gasteiger partial charge in [0.15, 0.2) is 17.3 Å². The normalized spacial score (nSPS) is 17.3. The molecule has 1 aliphatic heterocycles. The van der Waals surface area contributed by atoms with Gasteiger partial charge >= 0.3 is 0 Å². The summed E-state index contributed by atoms with van der Waals surface area (Å²) in [6.07, 6.45) is 5.16. The summed E-state index contributed by atoms with van der Waals surface area (Å²) in [6.45, 7) is 4.38. The van der Waals surface area contributed by atoms with Gasteiger partial charge in [-0.15, -0.1) is 0 Å². The number of benzene rings is 1. The molecular formula is C24H23F2N7O2. The molecule has 1 aromatic carbocycles. The first-order chi connectivity index (χ1) is 16.8. The number of likely N-dealkylation sites (tertiary alicyclic amines) is 1. The van der Waals surface area contributed by atoms with E-state index in [-0.39, 0.29) is 40.3 Å². The number of hydrogen-bond donors (Lipinski definition) is 2. The molecule has 3 N–H and O–H groups in total. The summed E-state index contributed by atoms with van der Waals surface area (Å²) < 4.78 is 33.0. The van der Waals surface area contributed by atoms with Crippen LogP contribution in [-0.2, 0) is 4.79 Å². The molecule has 0 unspecified atom stereocenters. The number of nitrogens with one attached hydrogen (secondary N) is 1. The number of carbonyl (C=O) groups is 2. The van der Waals surface area contributed by atoms with Gasteiger partial charge in [0.1, 0.15) is 16.9 Å². The lowest BCUT2D eigenvalue weighted by molar-refractivity contribution is -0.125. The quantitative estimate of drug-likeness (QED) is 0.431. The van der Waals surface area contributed by atoms with Crippen molar-refractivity contribution in [2.24, 2.45) is 5.73 Å². The van der Waals surface area contributed by atoms with Crippen LogP contribution in [-0.4, -0.2) is 56.2 Å². The van der Waals surface area contributed by atoms with E-state index in [0.717, 1.165) is 12.8 Å². The topological polar surface area (TPSA) is 111 Å². The lowest BCUT2D eigenvalue weighted by Crippen LogP contribution is -2.27. The van der Waals surface area contributed by atoms with E-state index in [1.54, 1.807) is 21.2 Å². The highest BCUT2D eigenvalue weighted by Gasteiger charge is 2.32. The van der Waals surface area contributed by atoms with Crippen LogP contribution in [0.15, 0.2) is 25.0 Å². The molecule has 35 heavy (non-hydrogen) atoms. The zero-order valence-electron chi connectivity index (χ0n) is 19.0. The average molecular weight is 479 g/mol. The highest BCUT2D eigenvalue weighted by molar-refractivity contribution is 6.00. The van der Waals surface area contributed by atoms with Gasteiger partial charge in [0, 0.05) is 26.2 Å². The summed E-state index contributed by atoms with van der Waals surface area (Å²) in [7, 11) is 1.61. The second-order valence-corrected chi connectivity index (χ2v) is 8.61. The summed E-state index contributed by atoms with van der Waals surface area (Å²) in [5.41, 5.74) is 5.89.